The third-order valence-electron chi connectivity index (χ3n) is 3.51. The van der Waals surface area contributed by atoms with Crippen molar-refractivity contribution in [2.24, 2.45) is 17.6 Å². The first-order valence-electron chi connectivity index (χ1n) is 6.34. The van der Waals surface area contributed by atoms with Crippen LogP contribution < -0.4 is 11.1 Å². The van der Waals surface area contributed by atoms with Crippen molar-refractivity contribution in [1.82, 2.24) is 4.98 Å². The zero-order valence-corrected chi connectivity index (χ0v) is 10.2. The van der Waals surface area contributed by atoms with Crippen LogP contribution in [0.15, 0.2) is 18.2 Å². The summed E-state index contributed by atoms with van der Waals surface area (Å²) in [6, 6.07) is 4.36. The number of carbonyl (C=O) groups excluding carboxylic acids is 1. The number of pyridine rings is 1. The van der Waals surface area contributed by atoms with Crippen molar-refractivity contribution in [1.29, 1.82) is 0 Å². The molecule has 3 N–H and O–H groups in total. The fraction of sp³-hybridized carbons (Fsp3) is 0.538. The van der Waals surface area contributed by atoms with Crippen molar-refractivity contribution >= 4 is 11.7 Å². The lowest BCUT2D eigenvalue weighted by atomic mass is 9.79. The lowest BCUT2D eigenvalue weighted by Crippen LogP contribution is -2.35. The maximum absolute atomic E-state index is 12.9. The van der Waals surface area contributed by atoms with E-state index in [2.05, 4.69) is 10.3 Å². The Morgan fingerprint density at radius 1 is 1.44 bits per heavy atom. The SMILES string of the molecule is NCC1CCCCC1C(=O)Nc1cccc(F)n1. The standard InChI is InChI=1S/C13H18FN3O/c14-11-6-3-7-12(16-11)17-13(18)10-5-2-1-4-9(10)8-15/h3,6-7,9-10H,1-2,4-5,8,15H2,(H,16,17,18). The fourth-order valence-electron chi connectivity index (χ4n) is 2.53. The van der Waals surface area contributed by atoms with Crippen LogP contribution in [-0.2, 0) is 4.79 Å². The number of rotatable bonds is 3. The summed E-state index contributed by atoms with van der Waals surface area (Å²) in [6.07, 6.45) is 4.02. The molecule has 4 nitrogen and oxygen atoms in total. The first kappa shape index (κ1) is 13.0. The van der Waals surface area contributed by atoms with E-state index in [4.69, 9.17) is 5.73 Å². The van der Waals surface area contributed by atoms with Crippen molar-refractivity contribution in [2.45, 2.75) is 25.7 Å². The van der Waals surface area contributed by atoms with Crippen molar-refractivity contribution in [3.8, 4) is 0 Å². The smallest absolute Gasteiger partial charge is 0.228 e. The molecule has 5 heteroatoms. The number of nitrogens with two attached hydrogens (primary N) is 1. The molecule has 0 spiro atoms. The predicted octanol–water partition coefficient (Wildman–Crippen LogP) is 1.92. The molecule has 2 rings (SSSR count). The predicted molar refractivity (Wildman–Crippen MR) is 67.3 cm³/mol. The summed E-state index contributed by atoms with van der Waals surface area (Å²) in [6.45, 7) is 0.522. The van der Waals surface area contributed by atoms with Gasteiger partial charge < -0.3 is 11.1 Å². The van der Waals surface area contributed by atoms with Gasteiger partial charge in [-0.15, -0.1) is 0 Å². The molecule has 0 bridgehead atoms. The quantitative estimate of drug-likeness (QED) is 0.806. The molecular weight excluding hydrogens is 233 g/mol. The second-order valence-electron chi connectivity index (χ2n) is 4.72. The van der Waals surface area contributed by atoms with Gasteiger partial charge in [-0.25, -0.2) is 4.98 Å². The Bertz CT molecular complexity index is 424. The average molecular weight is 251 g/mol. The van der Waals surface area contributed by atoms with E-state index in [0.29, 0.717) is 6.54 Å². The van der Waals surface area contributed by atoms with Crippen LogP contribution in [0.3, 0.4) is 0 Å². The molecule has 1 aromatic heterocycles. The zero-order chi connectivity index (χ0) is 13.0. The number of amides is 1. The topological polar surface area (TPSA) is 68.0 Å². The molecule has 0 aromatic carbocycles. The molecule has 98 valence electrons. The number of nitrogens with one attached hydrogen (secondary N) is 1. The Kier molecular flexibility index (Phi) is 4.25. The lowest BCUT2D eigenvalue weighted by molar-refractivity contribution is -0.122. The molecule has 2 unspecified atom stereocenters. The molecule has 1 saturated carbocycles. The Hall–Kier alpha value is -1.49. The van der Waals surface area contributed by atoms with Gasteiger partial charge >= 0.3 is 0 Å². The van der Waals surface area contributed by atoms with Crippen LogP contribution in [0.1, 0.15) is 25.7 Å². The van der Waals surface area contributed by atoms with E-state index in [1.165, 1.54) is 12.1 Å². The van der Waals surface area contributed by atoms with Gasteiger partial charge in [0.15, 0.2) is 0 Å². The van der Waals surface area contributed by atoms with Crippen LogP contribution >= 0.6 is 0 Å². The fourth-order valence-corrected chi connectivity index (χ4v) is 2.53. The molecule has 1 aliphatic rings. The van der Waals surface area contributed by atoms with Crippen molar-refractivity contribution in [2.75, 3.05) is 11.9 Å². The molecule has 1 fully saturated rings. The van der Waals surface area contributed by atoms with Crippen LogP contribution in [-0.4, -0.2) is 17.4 Å². The molecule has 0 radical (unpaired) electrons. The number of hydrogen-bond donors (Lipinski definition) is 2. The summed E-state index contributed by atoms with van der Waals surface area (Å²) in [4.78, 5) is 15.7. The molecule has 2 atom stereocenters. The second-order valence-corrected chi connectivity index (χ2v) is 4.72. The van der Waals surface area contributed by atoms with Crippen LogP contribution in [0.2, 0.25) is 0 Å². The summed E-state index contributed by atoms with van der Waals surface area (Å²) >= 11 is 0. The normalized spacial score (nSPS) is 23.7. The summed E-state index contributed by atoms with van der Waals surface area (Å²) in [7, 11) is 0. The number of hydrogen-bond acceptors (Lipinski definition) is 3. The Labute approximate surface area is 106 Å². The molecule has 1 heterocycles. The van der Waals surface area contributed by atoms with E-state index in [1.807, 2.05) is 0 Å². The largest absolute Gasteiger partial charge is 0.330 e. The highest BCUT2D eigenvalue weighted by molar-refractivity contribution is 5.91. The van der Waals surface area contributed by atoms with Gasteiger partial charge in [-0.05, 0) is 37.4 Å². The summed E-state index contributed by atoms with van der Waals surface area (Å²) in [5, 5.41) is 2.67. The third-order valence-corrected chi connectivity index (χ3v) is 3.51. The number of carbonyl (C=O) groups is 1. The Morgan fingerprint density at radius 3 is 2.94 bits per heavy atom. The number of aromatic nitrogens is 1. The molecule has 1 amide bonds. The highest BCUT2D eigenvalue weighted by Gasteiger charge is 2.30. The van der Waals surface area contributed by atoms with Gasteiger partial charge in [0, 0.05) is 5.92 Å². The molecular formula is C13H18FN3O. The van der Waals surface area contributed by atoms with Crippen LogP contribution in [0.4, 0.5) is 10.2 Å². The summed E-state index contributed by atoms with van der Waals surface area (Å²) < 4.78 is 12.9. The third kappa shape index (κ3) is 3.04. The zero-order valence-electron chi connectivity index (χ0n) is 10.2. The van der Waals surface area contributed by atoms with E-state index in [1.54, 1.807) is 6.07 Å². The maximum Gasteiger partial charge on any atom is 0.228 e. The maximum atomic E-state index is 12.9. The van der Waals surface area contributed by atoms with Gasteiger partial charge in [0.2, 0.25) is 11.9 Å². The van der Waals surface area contributed by atoms with Gasteiger partial charge in [0.05, 0.1) is 0 Å². The Balaban J connectivity index is 2.02. The second kappa shape index (κ2) is 5.91. The number of nitrogens with zero attached hydrogens (tertiary/aromatic N) is 1. The van der Waals surface area contributed by atoms with E-state index in [9.17, 15) is 9.18 Å². The highest BCUT2D eigenvalue weighted by Crippen LogP contribution is 2.30. The van der Waals surface area contributed by atoms with E-state index >= 15 is 0 Å². The lowest BCUT2D eigenvalue weighted by Gasteiger charge is -2.29. The van der Waals surface area contributed by atoms with E-state index in [-0.39, 0.29) is 23.6 Å². The monoisotopic (exact) mass is 251 g/mol. The molecule has 1 aliphatic carbocycles. The first-order chi connectivity index (χ1) is 8.70. The minimum atomic E-state index is -0.591. The highest BCUT2D eigenvalue weighted by atomic mass is 19.1. The summed E-state index contributed by atoms with van der Waals surface area (Å²) in [5.41, 5.74) is 5.69. The molecule has 1 aromatic rings. The Morgan fingerprint density at radius 2 is 2.22 bits per heavy atom. The van der Waals surface area contributed by atoms with Crippen molar-refractivity contribution < 1.29 is 9.18 Å². The van der Waals surface area contributed by atoms with Crippen molar-refractivity contribution in [3.63, 3.8) is 0 Å². The average Bonchev–Trinajstić information content (AvgIpc) is 2.38. The first-order valence-corrected chi connectivity index (χ1v) is 6.34. The van der Waals surface area contributed by atoms with Crippen LogP contribution in [0.5, 0.6) is 0 Å². The number of halogens is 1. The van der Waals surface area contributed by atoms with E-state index < -0.39 is 5.95 Å². The van der Waals surface area contributed by atoms with Crippen LogP contribution in [0, 0.1) is 17.8 Å². The van der Waals surface area contributed by atoms with Gasteiger partial charge in [-0.3, -0.25) is 4.79 Å². The minimum absolute atomic E-state index is 0.0752. The number of anilines is 1. The van der Waals surface area contributed by atoms with E-state index in [0.717, 1.165) is 25.7 Å². The molecule has 18 heavy (non-hydrogen) atoms. The van der Waals surface area contributed by atoms with Gasteiger partial charge in [0.25, 0.3) is 0 Å². The molecule has 0 aliphatic heterocycles. The van der Waals surface area contributed by atoms with Crippen LogP contribution in [0.25, 0.3) is 0 Å². The summed E-state index contributed by atoms with van der Waals surface area (Å²) in [5.74, 6) is -0.266. The van der Waals surface area contributed by atoms with Gasteiger partial charge in [-0.1, -0.05) is 18.9 Å². The van der Waals surface area contributed by atoms with Crippen molar-refractivity contribution in [3.05, 3.63) is 24.1 Å². The van der Waals surface area contributed by atoms with Gasteiger partial charge in [-0.2, -0.15) is 4.39 Å². The van der Waals surface area contributed by atoms with Gasteiger partial charge in [0.1, 0.15) is 5.82 Å². The molecule has 0 saturated heterocycles. The minimum Gasteiger partial charge on any atom is -0.330 e.